The lowest BCUT2D eigenvalue weighted by Gasteiger charge is -2.09. The summed E-state index contributed by atoms with van der Waals surface area (Å²) in [5, 5.41) is 0. The molecular formula is C12H17FO2Si. The Balaban J connectivity index is 2.59. The van der Waals surface area contributed by atoms with E-state index < -0.39 is 8.41 Å². The molecule has 16 heavy (non-hydrogen) atoms. The van der Waals surface area contributed by atoms with Gasteiger partial charge >= 0.3 is 0 Å². The third-order valence-corrected chi connectivity index (χ3v) is 3.80. The van der Waals surface area contributed by atoms with Crippen LogP contribution in [0.25, 0.3) is 0 Å². The standard InChI is InChI=1S/C12H17FO2Si/c1-15-11-6-4-10(5-7-11)12(14)8-9-16(2,3)13/h4-7H,8-9H2,1-3H3. The van der Waals surface area contributed by atoms with Crippen LogP contribution in [0.3, 0.4) is 0 Å². The molecule has 2 nitrogen and oxygen atoms in total. The Bertz CT molecular complexity index is 354. The van der Waals surface area contributed by atoms with Crippen LogP contribution in [0.1, 0.15) is 16.8 Å². The molecule has 88 valence electrons. The third-order valence-electron chi connectivity index (χ3n) is 2.36. The van der Waals surface area contributed by atoms with Crippen molar-refractivity contribution in [3.63, 3.8) is 0 Å². The van der Waals surface area contributed by atoms with Crippen molar-refractivity contribution in [1.29, 1.82) is 0 Å². The van der Waals surface area contributed by atoms with E-state index in [0.29, 0.717) is 18.0 Å². The first kappa shape index (κ1) is 12.9. The SMILES string of the molecule is COc1ccc(C(=O)CC[Si](C)(C)F)cc1. The van der Waals surface area contributed by atoms with Crippen molar-refractivity contribution in [3.8, 4) is 5.75 Å². The number of ether oxygens (including phenoxy) is 1. The van der Waals surface area contributed by atoms with E-state index in [9.17, 15) is 8.90 Å². The predicted molar refractivity (Wildman–Crippen MR) is 65.3 cm³/mol. The minimum absolute atomic E-state index is 0.000813. The van der Waals surface area contributed by atoms with Gasteiger partial charge in [0.1, 0.15) is 5.75 Å². The van der Waals surface area contributed by atoms with E-state index in [1.54, 1.807) is 44.5 Å². The fourth-order valence-corrected chi connectivity index (χ4v) is 2.15. The van der Waals surface area contributed by atoms with E-state index in [0.717, 1.165) is 5.75 Å². The predicted octanol–water partition coefficient (Wildman–Crippen LogP) is 3.44. The number of Topliss-reactive ketones (excluding diaryl/α,β-unsaturated/α-hetero) is 1. The summed E-state index contributed by atoms with van der Waals surface area (Å²) in [5.41, 5.74) is 0.624. The zero-order valence-corrected chi connectivity index (χ0v) is 10.9. The maximum Gasteiger partial charge on any atom is 0.241 e. The summed E-state index contributed by atoms with van der Waals surface area (Å²) < 4.78 is 18.3. The molecule has 0 spiro atoms. The van der Waals surface area contributed by atoms with Crippen molar-refractivity contribution in [2.45, 2.75) is 25.6 Å². The molecule has 0 aromatic heterocycles. The van der Waals surface area contributed by atoms with Crippen molar-refractivity contribution in [2.75, 3.05) is 7.11 Å². The number of rotatable bonds is 5. The number of hydrogen-bond acceptors (Lipinski definition) is 2. The van der Waals surface area contributed by atoms with Gasteiger partial charge in [0, 0.05) is 12.0 Å². The van der Waals surface area contributed by atoms with Crippen molar-refractivity contribution in [2.24, 2.45) is 0 Å². The average Bonchev–Trinajstić information content (AvgIpc) is 2.25. The molecule has 0 unspecified atom stereocenters. The lowest BCUT2D eigenvalue weighted by molar-refractivity contribution is 0.0987. The van der Waals surface area contributed by atoms with Gasteiger partial charge in [-0.25, -0.2) is 0 Å². The molecule has 0 heterocycles. The van der Waals surface area contributed by atoms with Crippen molar-refractivity contribution in [3.05, 3.63) is 29.8 Å². The number of carbonyl (C=O) groups is 1. The summed E-state index contributed by atoms with van der Waals surface area (Å²) in [7, 11) is -1.04. The fourth-order valence-electron chi connectivity index (χ4n) is 1.33. The molecule has 1 aromatic carbocycles. The first-order chi connectivity index (χ1) is 7.42. The van der Waals surface area contributed by atoms with Crippen LogP contribution in [0.15, 0.2) is 24.3 Å². The Hall–Kier alpha value is -1.16. The van der Waals surface area contributed by atoms with E-state index in [2.05, 4.69) is 0 Å². The van der Waals surface area contributed by atoms with E-state index in [1.165, 1.54) is 0 Å². The van der Waals surface area contributed by atoms with Gasteiger partial charge in [-0.15, -0.1) is 0 Å². The molecule has 0 atom stereocenters. The van der Waals surface area contributed by atoms with E-state index >= 15 is 0 Å². The van der Waals surface area contributed by atoms with Gasteiger partial charge in [-0.2, -0.15) is 0 Å². The molecule has 0 saturated heterocycles. The van der Waals surface area contributed by atoms with Gasteiger partial charge in [-0.3, -0.25) is 4.79 Å². The van der Waals surface area contributed by atoms with Gasteiger partial charge in [0.25, 0.3) is 0 Å². The van der Waals surface area contributed by atoms with Gasteiger partial charge < -0.3 is 8.84 Å². The van der Waals surface area contributed by atoms with Gasteiger partial charge in [0.05, 0.1) is 7.11 Å². The van der Waals surface area contributed by atoms with Gasteiger partial charge in [0.15, 0.2) is 5.78 Å². The molecule has 0 fully saturated rings. The van der Waals surface area contributed by atoms with Crippen LogP contribution in [0, 0.1) is 0 Å². The Kier molecular flexibility index (Phi) is 4.24. The Labute approximate surface area is 96.6 Å². The topological polar surface area (TPSA) is 26.3 Å². The molecule has 0 radical (unpaired) electrons. The quantitative estimate of drug-likeness (QED) is 0.447. The number of hydrogen-bond donors (Lipinski definition) is 0. The van der Waals surface area contributed by atoms with Crippen molar-refractivity contribution < 1.29 is 13.6 Å². The van der Waals surface area contributed by atoms with E-state index in [4.69, 9.17) is 4.74 Å². The lowest BCUT2D eigenvalue weighted by Crippen LogP contribution is -2.19. The second kappa shape index (κ2) is 5.25. The Morgan fingerprint density at radius 2 is 1.88 bits per heavy atom. The highest BCUT2D eigenvalue weighted by Crippen LogP contribution is 2.17. The normalized spacial score (nSPS) is 11.2. The summed E-state index contributed by atoms with van der Waals surface area (Å²) in [6.45, 7) is 3.24. The lowest BCUT2D eigenvalue weighted by atomic mass is 10.1. The maximum atomic E-state index is 13.4. The van der Waals surface area contributed by atoms with Crippen LogP contribution in [0.2, 0.25) is 19.1 Å². The molecule has 1 rings (SSSR count). The summed E-state index contributed by atoms with van der Waals surface area (Å²) in [4.78, 5) is 11.7. The van der Waals surface area contributed by atoms with Crippen LogP contribution >= 0.6 is 0 Å². The summed E-state index contributed by atoms with van der Waals surface area (Å²) >= 11 is 0. The molecule has 0 aliphatic rings. The largest absolute Gasteiger partial charge is 0.497 e. The number of methoxy groups -OCH3 is 1. The summed E-state index contributed by atoms with van der Waals surface area (Å²) in [6.07, 6.45) is 0.294. The number of carbonyl (C=O) groups excluding carboxylic acids is 1. The van der Waals surface area contributed by atoms with Crippen molar-refractivity contribution >= 4 is 14.2 Å². The highest BCUT2D eigenvalue weighted by molar-refractivity contribution is 6.70. The molecule has 4 heteroatoms. The smallest absolute Gasteiger partial charge is 0.241 e. The number of benzene rings is 1. The zero-order chi connectivity index (χ0) is 12.2. The van der Waals surface area contributed by atoms with E-state index in [1.807, 2.05) is 0 Å². The van der Waals surface area contributed by atoms with Crippen LogP contribution in [-0.2, 0) is 0 Å². The van der Waals surface area contributed by atoms with Crippen LogP contribution < -0.4 is 4.74 Å². The van der Waals surface area contributed by atoms with Crippen LogP contribution in [0.5, 0.6) is 5.75 Å². The minimum atomic E-state index is -2.62. The molecule has 0 N–H and O–H groups in total. The average molecular weight is 240 g/mol. The summed E-state index contributed by atoms with van der Waals surface area (Å²) in [6, 6.07) is 7.30. The van der Waals surface area contributed by atoms with Crippen LogP contribution in [0.4, 0.5) is 4.11 Å². The Morgan fingerprint density at radius 1 is 1.31 bits per heavy atom. The van der Waals surface area contributed by atoms with Gasteiger partial charge in [0.2, 0.25) is 8.41 Å². The highest BCUT2D eigenvalue weighted by Gasteiger charge is 2.21. The van der Waals surface area contributed by atoms with Gasteiger partial charge in [-0.1, -0.05) is 0 Å². The number of ketones is 1. The second-order valence-electron chi connectivity index (χ2n) is 4.37. The minimum Gasteiger partial charge on any atom is -0.497 e. The molecular weight excluding hydrogens is 223 g/mol. The molecule has 0 aliphatic heterocycles. The molecule has 0 saturated carbocycles. The molecule has 0 bridgehead atoms. The second-order valence-corrected chi connectivity index (χ2v) is 8.31. The molecule has 1 aromatic rings. The number of halogens is 1. The zero-order valence-electron chi connectivity index (χ0n) is 9.92. The van der Waals surface area contributed by atoms with E-state index in [-0.39, 0.29) is 5.78 Å². The van der Waals surface area contributed by atoms with Crippen LogP contribution in [-0.4, -0.2) is 21.3 Å². The molecule has 0 amide bonds. The first-order valence-corrected chi connectivity index (χ1v) is 8.37. The van der Waals surface area contributed by atoms with Gasteiger partial charge in [-0.05, 0) is 43.4 Å². The summed E-state index contributed by atoms with van der Waals surface area (Å²) in [5.74, 6) is 0.720. The fraction of sp³-hybridized carbons (Fsp3) is 0.417. The Morgan fingerprint density at radius 3 is 2.31 bits per heavy atom. The first-order valence-electron chi connectivity index (χ1n) is 5.28. The monoisotopic (exact) mass is 240 g/mol. The highest BCUT2D eigenvalue weighted by atomic mass is 28.4. The third kappa shape index (κ3) is 4.14. The molecule has 0 aliphatic carbocycles. The maximum absolute atomic E-state index is 13.4. The van der Waals surface area contributed by atoms with Crippen molar-refractivity contribution in [1.82, 2.24) is 0 Å².